The van der Waals surface area contributed by atoms with Gasteiger partial charge in [-0.25, -0.2) is 0 Å². The summed E-state index contributed by atoms with van der Waals surface area (Å²) in [6, 6.07) is 7.71. The lowest BCUT2D eigenvalue weighted by Crippen LogP contribution is -2.34. The number of carbonyl (C=O) groups is 1. The van der Waals surface area contributed by atoms with Gasteiger partial charge in [0.15, 0.2) is 0 Å². The quantitative estimate of drug-likeness (QED) is 0.770. The first-order valence-electron chi connectivity index (χ1n) is 6.36. The summed E-state index contributed by atoms with van der Waals surface area (Å²) in [7, 11) is 0. The molecule has 0 heterocycles. The van der Waals surface area contributed by atoms with Crippen LogP contribution >= 0.6 is 11.8 Å². The summed E-state index contributed by atoms with van der Waals surface area (Å²) in [6.07, 6.45) is 1.99. The Kier molecular flexibility index (Phi) is 6.83. The summed E-state index contributed by atoms with van der Waals surface area (Å²) in [6.45, 7) is 7.91. The fourth-order valence-electron chi connectivity index (χ4n) is 1.79. The molecule has 0 spiro atoms. The molecule has 0 fully saturated rings. The van der Waals surface area contributed by atoms with Crippen molar-refractivity contribution in [2.24, 2.45) is 0 Å². The molecule has 1 aromatic carbocycles. The van der Waals surface area contributed by atoms with Crippen molar-refractivity contribution in [1.29, 1.82) is 0 Å². The fourth-order valence-corrected chi connectivity index (χ4v) is 2.39. The maximum absolute atomic E-state index is 12.0. The van der Waals surface area contributed by atoms with Gasteiger partial charge in [0.05, 0.1) is 5.56 Å². The van der Waals surface area contributed by atoms with E-state index in [9.17, 15) is 4.79 Å². The average molecular weight is 266 g/mol. The van der Waals surface area contributed by atoms with E-state index in [0.717, 1.165) is 30.1 Å². The second-order valence-corrected chi connectivity index (χ2v) is 4.83. The number of carbonyl (C=O) groups excluding carboxylic acids is 1. The van der Waals surface area contributed by atoms with Gasteiger partial charge < -0.3 is 10.2 Å². The number of benzene rings is 1. The van der Waals surface area contributed by atoms with Gasteiger partial charge in [-0.1, -0.05) is 26.0 Å². The van der Waals surface area contributed by atoms with Crippen molar-refractivity contribution in [3.8, 4) is 0 Å². The molecule has 1 amide bonds. The first-order valence-corrected chi connectivity index (χ1v) is 7.59. The molecule has 0 radical (unpaired) electrons. The highest BCUT2D eigenvalue weighted by atomic mass is 32.2. The van der Waals surface area contributed by atoms with Crippen molar-refractivity contribution in [2.45, 2.75) is 18.7 Å². The van der Waals surface area contributed by atoms with E-state index in [-0.39, 0.29) is 5.91 Å². The second kappa shape index (κ2) is 8.16. The van der Waals surface area contributed by atoms with Crippen molar-refractivity contribution in [1.82, 2.24) is 10.2 Å². The lowest BCUT2D eigenvalue weighted by Gasteiger charge is -2.18. The van der Waals surface area contributed by atoms with E-state index in [0.29, 0.717) is 6.54 Å². The normalized spacial score (nSPS) is 10.7. The molecule has 0 aromatic heterocycles. The maximum Gasteiger partial charge on any atom is 0.252 e. The van der Waals surface area contributed by atoms with E-state index in [1.54, 1.807) is 11.8 Å². The highest BCUT2D eigenvalue weighted by Crippen LogP contribution is 2.19. The molecule has 0 bridgehead atoms. The highest BCUT2D eigenvalue weighted by Gasteiger charge is 2.09. The highest BCUT2D eigenvalue weighted by molar-refractivity contribution is 7.98. The Morgan fingerprint density at radius 3 is 2.56 bits per heavy atom. The van der Waals surface area contributed by atoms with Crippen LogP contribution in [0.25, 0.3) is 0 Å². The van der Waals surface area contributed by atoms with E-state index < -0.39 is 0 Å². The Morgan fingerprint density at radius 2 is 1.94 bits per heavy atom. The molecule has 0 saturated heterocycles. The number of thioether (sulfide) groups is 1. The summed E-state index contributed by atoms with van der Waals surface area (Å²) in [5.41, 5.74) is 0.768. The number of hydrogen-bond acceptors (Lipinski definition) is 3. The molecule has 3 nitrogen and oxygen atoms in total. The summed E-state index contributed by atoms with van der Waals surface area (Å²) >= 11 is 1.60. The Labute approximate surface area is 114 Å². The number of likely N-dealkylation sites (N-methyl/N-ethyl adjacent to an activating group) is 1. The molecule has 0 atom stereocenters. The van der Waals surface area contributed by atoms with Crippen LogP contribution < -0.4 is 5.32 Å². The number of nitrogens with one attached hydrogen (secondary N) is 1. The Morgan fingerprint density at radius 1 is 1.28 bits per heavy atom. The molecule has 1 rings (SSSR count). The Bertz CT molecular complexity index is 378. The van der Waals surface area contributed by atoms with Crippen LogP contribution in [0.3, 0.4) is 0 Å². The Hall–Kier alpha value is -1.00. The van der Waals surface area contributed by atoms with Gasteiger partial charge in [-0.3, -0.25) is 4.79 Å². The van der Waals surface area contributed by atoms with Gasteiger partial charge in [-0.05, 0) is 31.5 Å². The second-order valence-electron chi connectivity index (χ2n) is 3.98. The number of rotatable bonds is 7. The zero-order chi connectivity index (χ0) is 13.4. The fraction of sp³-hybridized carbons (Fsp3) is 0.500. The van der Waals surface area contributed by atoms with Crippen molar-refractivity contribution < 1.29 is 4.79 Å². The van der Waals surface area contributed by atoms with Crippen LogP contribution in [0.15, 0.2) is 29.2 Å². The van der Waals surface area contributed by atoms with Gasteiger partial charge in [-0.2, -0.15) is 0 Å². The van der Waals surface area contributed by atoms with Crippen LogP contribution in [-0.2, 0) is 0 Å². The number of amides is 1. The third-order valence-electron chi connectivity index (χ3n) is 2.96. The molecular weight excluding hydrogens is 244 g/mol. The molecular formula is C14H22N2OS. The van der Waals surface area contributed by atoms with Crippen LogP contribution in [0.5, 0.6) is 0 Å². The number of nitrogens with zero attached hydrogens (tertiary/aromatic N) is 1. The first-order chi connectivity index (χ1) is 8.72. The van der Waals surface area contributed by atoms with Crippen LogP contribution in [0.1, 0.15) is 24.2 Å². The van der Waals surface area contributed by atoms with Gasteiger partial charge >= 0.3 is 0 Å². The molecule has 1 N–H and O–H groups in total. The standard InChI is InChI=1S/C14H22N2OS/c1-4-16(5-2)11-10-15-14(17)12-8-6-7-9-13(12)18-3/h6-9H,4-5,10-11H2,1-3H3,(H,15,17). The summed E-state index contributed by atoms with van der Waals surface area (Å²) in [4.78, 5) is 15.4. The smallest absolute Gasteiger partial charge is 0.252 e. The van der Waals surface area contributed by atoms with Crippen LogP contribution in [0.2, 0.25) is 0 Å². The first kappa shape index (κ1) is 15.1. The Balaban J connectivity index is 2.50. The number of hydrogen-bond donors (Lipinski definition) is 1. The molecule has 0 aliphatic rings. The van der Waals surface area contributed by atoms with Gasteiger partial charge in [0.25, 0.3) is 5.91 Å². The van der Waals surface area contributed by atoms with Crippen LogP contribution in [-0.4, -0.2) is 43.2 Å². The van der Waals surface area contributed by atoms with E-state index in [4.69, 9.17) is 0 Å². The molecule has 0 unspecified atom stereocenters. The van der Waals surface area contributed by atoms with Crippen molar-refractivity contribution >= 4 is 17.7 Å². The molecule has 4 heteroatoms. The van der Waals surface area contributed by atoms with Crippen molar-refractivity contribution in [3.05, 3.63) is 29.8 Å². The largest absolute Gasteiger partial charge is 0.351 e. The topological polar surface area (TPSA) is 32.3 Å². The molecule has 0 aliphatic heterocycles. The predicted octanol–water partition coefficient (Wildman–Crippen LogP) is 2.48. The minimum absolute atomic E-state index is 0.0205. The third-order valence-corrected chi connectivity index (χ3v) is 3.76. The molecule has 100 valence electrons. The monoisotopic (exact) mass is 266 g/mol. The zero-order valence-corrected chi connectivity index (χ0v) is 12.2. The SMILES string of the molecule is CCN(CC)CCNC(=O)c1ccccc1SC. The van der Waals surface area contributed by atoms with Gasteiger partial charge in [0.1, 0.15) is 0 Å². The lowest BCUT2D eigenvalue weighted by molar-refractivity contribution is 0.0946. The van der Waals surface area contributed by atoms with Crippen molar-refractivity contribution in [2.75, 3.05) is 32.4 Å². The van der Waals surface area contributed by atoms with Gasteiger partial charge in [-0.15, -0.1) is 11.8 Å². The van der Waals surface area contributed by atoms with E-state index >= 15 is 0 Å². The predicted molar refractivity (Wildman–Crippen MR) is 78.3 cm³/mol. The summed E-state index contributed by atoms with van der Waals surface area (Å²) in [5.74, 6) is 0.0205. The van der Waals surface area contributed by atoms with Crippen LogP contribution in [0.4, 0.5) is 0 Å². The summed E-state index contributed by atoms with van der Waals surface area (Å²) < 4.78 is 0. The molecule has 0 aliphatic carbocycles. The van der Waals surface area contributed by atoms with Gasteiger partial charge in [0.2, 0.25) is 0 Å². The van der Waals surface area contributed by atoms with E-state index in [1.807, 2.05) is 30.5 Å². The van der Waals surface area contributed by atoms with Gasteiger partial charge in [0, 0.05) is 18.0 Å². The molecule has 18 heavy (non-hydrogen) atoms. The van der Waals surface area contributed by atoms with Crippen molar-refractivity contribution in [3.63, 3.8) is 0 Å². The van der Waals surface area contributed by atoms with E-state index in [1.165, 1.54) is 0 Å². The maximum atomic E-state index is 12.0. The minimum atomic E-state index is 0.0205. The third kappa shape index (κ3) is 4.35. The average Bonchev–Trinajstić information content (AvgIpc) is 2.43. The summed E-state index contributed by atoms with van der Waals surface area (Å²) in [5, 5.41) is 2.98. The molecule has 1 aromatic rings. The van der Waals surface area contributed by atoms with E-state index in [2.05, 4.69) is 24.1 Å². The van der Waals surface area contributed by atoms with Crippen LogP contribution in [0, 0.1) is 0 Å². The lowest BCUT2D eigenvalue weighted by atomic mass is 10.2. The molecule has 0 saturated carbocycles. The minimum Gasteiger partial charge on any atom is -0.351 e. The zero-order valence-electron chi connectivity index (χ0n) is 11.4.